The van der Waals surface area contributed by atoms with Gasteiger partial charge in [0, 0.05) is 29.1 Å². The van der Waals surface area contributed by atoms with E-state index in [1.807, 2.05) is 67.7 Å². The minimum Gasteiger partial charge on any atom is -0.316 e. The molecule has 0 bridgehead atoms. The summed E-state index contributed by atoms with van der Waals surface area (Å²) in [6, 6.07) is 22.1. The lowest BCUT2D eigenvalue weighted by atomic mass is 9.98. The lowest BCUT2D eigenvalue weighted by Crippen LogP contribution is -2.10. The van der Waals surface area contributed by atoms with Crippen LogP contribution in [-0.4, -0.2) is 16.6 Å². The minimum atomic E-state index is -4.46. The number of hydrogen-bond donors (Lipinski definition) is 1. The summed E-state index contributed by atoms with van der Waals surface area (Å²) in [5.41, 5.74) is 4.34. The average molecular weight is 445 g/mol. The van der Waals surface area contributed by atoms with Gasteiger partial charge in [-0.25, -0.2) is 0 Å². The van der Waals surface area contributed by atoms with Crippen LogP contribution < -0.4 is 5.32 Å². The predicted octanol–water partition coefficient (Wildman–Crippen LogP) is 6.89. The number of nitrogens with one attached hydrogen (secondary N) is 1. The maximum atomic E-state index is 13.8. The van der Waals surface area contributed by atoms with E-state index in [0.29, 0.717) is 29.1 Å². The molecule has 5 aromatic rings. The zero-order valence-corrected chi connectivity index (χ0v) is 18.2. The molecule has 0 aliphatic carbocycles. The van der Waals surface area contributed by atoms with Gasteiger partial charge in [-0.1, -0.05) is 36.4 Å². The number of rotatable bonds is 4. The van der Waals surface area contributed by atoms with Crippen molar-refractivity contribution in [2.75, 3.05) is 7.05 Å². The normalized spacial score (nSPS) is 12.0. The maximum Gasteiger partial charge on any atom is 0.416 e. The lowest BCUT2D eigenvalue weighted by molar-refractivity contribution is -0.137. The quantitative estimate of drug-likeness (QED) is 0.326. The summed E-state index contributed by atoms with van der Waals surface area (Å²) in [7, 11) is 1.83. The number of para-hydroxylation sites is 2. The first-order chi connectivity index (χ1) is 15.9. The van der Waals surface area contributed by atoms with Crippen LogP contribution in [0.4, 0.5) is 13.2 Å². The van der Waals surface area contributed by atoms with Gasteiger partial charge in [-0.05, 0) is 61.5 Å². The van der Waals surface area contributed by atoms with Crippen molar-refractivity contribution in [3.63, 3.8) is 0 Å². The van der Waals surface area contributed by atoms with Crippen molar-refractivity contribution in [3.05, 3.63) is 95.7 Å². The SMILES string of the molecule is CNCc1ccnc(-c2cc(C(F)(F)F)cc(C)c2-n2c3ccccc3c3ccccc32)c1. The van der Waals surface area contributed by atoms with E-state index in [4.69, 9.17) is 0 Å². The number of aryl methyl sites for hydroxylation is 1. The van der Waals surface area contributed by atoms with Crippen LogP contribution >= 0.6 is 0 Å². The molecule has 0 radical (unpaired) electrons. The van der Waals surface area contributed by atoms with E-state index in [1.54, 1.807) is 13.1 Å². The molecule has 0 saturated carbocycles. The Morgan fingerprint density at radius 1 is 0.879 bits per heavy atom. The third-order valence-electron chi connectivity index (χ3n) is 5.91. The summed E-state index contributed by atoms with van der Waals surface area (Å²) in [4.78, 5) is 4.48. The van der Waals surface area contributed by atoms with Gasteiger partial charge in [0.25, 0.3) is 0 Å². The number of pyridine rings is 1. The first kappa shape index (κ1) is 21.2. The van der Waals surface area contributed by atoms with Gasteiger partial charge in [0.05, 0.1) is 28.0 Å². The van der Waals surface area contributed by atoms with Crippen LogP contribution in [0.3, 0.4) is 0 Å². The molecule has 1 N–H and O–H groups in total. The summed E-state index contributed by atoms with van der Waals surface area (Å²) in [5, 5.41) is 5.19. The van der Waals surface area contributed by atoms with Crippen LogP contribution in [0.1, 0.15) is 16.7 Å². The Bertz CT molecular complexity index is 1430. The first-order valence-electron chi connectivity index (χ1n) is 10.7. The first-order valence-corrected chi connectivity index (χ1v) is 10.7. The highest BCUT2D eigenvalue weighted by molar-refractivity contribution is 6.09. The number of halogens is 3. The van der Waals surface area contributed by atoms with E-state index in [1.165, 1.54) is 12.1 Å². The topological polar surface area (TPSA) is 29.9 Å². The van der Waals surface area contributed by atoms with Crippen LogP contribution in [0.15, 0.2) is 79.0 Å². The Morgan fingerprint density at radius 3 is 2.12 bits per heavy atom. The molecule has 0 unspecified atom stereocenters. The number of fused-ring (bicyclic) bond motifs is 3. The van der Waals surface area contributed by atoms with Gasteiger partial charge in [-0.15, -0.1) is 0 Å². The van der Waals surface area contributed by atoms with Gasteiger partial charge in [0.1, 0.15) is 0 Å². The number of aromatic nitrogens is 2. The Labute approximate surface area is 189 Å². The molecule has 0 fully saturated rings. The molecule has 0 saturated heterocycles. The molecule has 3 aromatic carbocycles. The van der Waals surface area contributed by atoms with Crippen LogP contribution in [0.25, 0.3) is 38.8 Å². The molecular formula is C27H22F3N3. The van der Waals surface area contributed by atoms with Gasteiger partial charge in [0.15, 0.2) is 0 Å². The zero-order chi connectivity index (χ0) is 23.2. The Hall–Kier alpha value is -3.64. The van der Waals surface area contributed by atoms with Crippen molar-refractivity contribution in [1.29, 1.82) is 0 Å². The number of alkyl halides is 3. The highest BCUT2D eigenvalue weighted by Crippen LogP contribution is 2.40. The highest BCUT2D eigenvalue weighted by atomic mass is 19.4. The summed E-state index contributed by atoms with van der Waals surface area (Å²) >= 11 is 0. The van der Waals surface area contributed by atoms with Crippen molar-refractivity contribution in [1.82, 2.24) is 14.9 Å². The molecule has 3 nitrogen and oxygen atoms in total. The van der Waals surface area contributed by atoms with Crippen molar-refractivity contribution in [2.45, 2.75) is 19.6 Å². The minimum absolute atomic E-state index is 0.451. The highest BCUT2D eigenvalue weighted by Gasteiger charge is 2.32. The third kappa shape index (κ3) is 3.66. The second-order valence-electron chi connectivity index (χ2n) is 8.14. The Morgan fingerprint density at radius 2 is 1.52 bits per heavy atom. The molecule has 0 aliphatic heterocycles. The van der Waals surface area contributed by atoms with E-state index >= 15 is 0 Å². The fourth-order valence-corrected chi connectivity index (χ4v) is 4.53. The molecule has 0 amide bonds. The average Bonchev–Trinajstić information content (AvgIpc) is 3.13. The van der Waals surface area contributed by atoms with E-state index in [9.17, 15) is 13.2 Å². The zero-order valence-electron chi connectivity index (χ0n) is 18.2. The molecule has 6 heteroatoms. The Balaban J connectivity index is 1.90. The van der Waals surface area contributed by atoms with Crippen molar-refractivity contribution >= 4 is 21.8 Å². The fraction of sp³-hybridized carbons (Fsp3) is 0.148. The van der Waals surface area contributed by atoms with Crippen LogP contribution in [0, 0.1) is 6.92 Å². The second kappa shape index (κ2) is 8.05. The third-order valence-corrected chi connectivity index (χ3v) is 5.91. The van der Waals surface area contributed by atoms with E-state index in [-0.39, 0.29) is 0 Å². The van der Waals surface area contributed by atoms with Gasteiger partial charge in [-0.3, -0.25) is 4.98 Å². The molecule has 0 spiro atoms. The Kier molecular flexibility index (Phi) is 5.17. The molecule has 5 rings (SSSR count). The van der Waals surface area contributed by atoms with Crippen molar-refractivity contribution in [3.8, 4) is 16.9 Å². The van der Waals surface area contributed by atoms with Crippen molar-refractivity contribution < 1.29 is 13.2 Å². The standard InChI is InChI=1S/C27H22F3N3/c1-17-13-19(27(28,29)30)15-22(23-14-18(16-31-2)11-12-32-23)26(17)33-24-9-5-3-7-20(24)21-8-4-6-10-25(21)33/h3-15,31H,16H2,1-2H3. The predicted molar refractivity (Wildman–Crippen MR) is 127 cm³/mol. The van der Waals surface area contributed by atoms with Gasteiger partial charge < -0.3 is 9.88 Å². The van der Waals surface area contributed by atoms with E-state index < -0.39 is 11.7 Å². The van der Waals surface area contributed by atoms with Crippen LogP contribution in [-0.2, 0) is 12.7 Å². The summed E-state index contributed by atoms with van der Waals surface area (Å²) in [6.45, 7) is 2.33. The van der Waals surface area contributed by atoms with E-state index in [0.717, 1.165) is 27.4 Å². The summed E-state index contributed by atoms with van der Waals surface area (Å²) in [5.74, 6) is 0. The molecule has 2 aromatic heterocycles. The monoisotopic (exact) mass is 445 g/mol. The fourth-order valence-electron chi connectivity index (χ4n) is 4.53. The number of hydrogen-bond acceptors (Lipinski definition) is 2. The molecule has 0 atom stereocenters. The number of nitrogens with zero attached hydrogens (tertiary/aromatic N) is 2. The molecule has 2 heterocycles. The summed E-state index contributed by atoms with van der Waals surface area (Å²) in [6.07, 6.45) is -2.81. The molecular weight excluding hydrogens is 423 g/mol. The van der Waals surface area contributed by atoms with Crippen LogP contribution in [0.5, 0.6) is 0 Å². The van der Waals surface area contributed by atoms with Crippen molar-refractivity contribution in [2.24, 2.45) is 0 Å². The summed E-state index contributed by atoms with van der Waals surface area (Å²) < 4.78 is 43.5. The van der Waals surface area contributed by atoms with Gasteiger partial charge >= 0.3 is 6.18 Å². The lowest BCUT2D eigenvalue weighted by Gasteiger charge is -2.19. The van der Waals surface area contributed by atoms with Gasteiger partial charge in [0.2, 0.25) is 0 Å². The smallest absolute Gasteiger partial charge is 0.316 e. The van der Waals surface area contributed by atoms with Crippen LogP contribution in [0.2, 0.25) is 0 Å². The second-order valence-corrected chi connectivity index (χ2v) is 8.14. The van der Waals surface area contributed by atoms with Gasteiger partial charge in [-0.2, -0.15) is 13.2 Å². The molecule has 33 heavy (non-hydrogen) atoms. The number of benzene rings is 3. The van der Waals surface area contributed by atoms with E-state index in [2.05, 4.69) is 14.9 Å². The molecule has 166 valence electrons. The largest absolute Gasteiger partial charge is 0.416 e. The molecule has 0 aliphatic rings. The maximum absolute atomic E-state index is 13.8.